The molecule has 0 N–H and O–H groups in total. The molecule has 0 spiro atoms. The first-order valence-electron chi connectivity index (χ1n) is 5.78. The number of aryl methyl sites for hydroxylation is 1. The van der Waals surface area contributed by atoms with Crippen LogP contribution < -0.4 is 0 Å². The second-order valence-electron chi connectivity index (χ2n) is 3.90. The van der Waals surface area contributed by atoms with Gasteiger partial charge in [0.2, 0.25) is 0 Å². The average Bonchev–Trinajstić information content (AvgIpc) is 2.83. The lowest BCUT2D eigenvalue weighted by Gasteiger charge is -2.00. The van der Waals surface area contributed by atoms with Crippen LogP contribution in [0.3, 0.4) is 0 Å². The van der Waals surface area contributed by atoms with Crippen LogP contribution in [0.15, 0.2) is 24.4 Å². The molecule has 6 heteroatoms. The molecule has 0 saturated heterocycles. The minimum atomic E-state index is -0.493. The minimum Gasteiger partial charge on any atom is -0.469 e. The number of ether oxygens (including phenoxy) is 2. The summed E-state index contributed by atoms with van der Waals surface area (Å²) in [5.74, 6) is -0.179. The van der Waals surface area contributed by atoms with Crippen molar-refractivity contribution >= 4 is 17.5 Å². The monoisotopic (exact) mass is 262 g/mol. The van der Waals surface area contributed by atoms with E-state index in [9.17, 15) is 9.59 Å². The van der Waals surface area contributed by atoms with Crippen LogP contribution in [-0.4, -0.2) is 35.5 Å². The van der Waals surface area contributed by atoms with Gasteiger partial charge < -0.3 is 13.9 Å². The number of nitrogens with zero attached hydrogens (tertiary/aromatic N) is 2. The molecular formula is C13H14N2O4. The Morgan fingerprint density at radius 3 is 2.74 bits per heavy atom. The van der Waals surface area contributed by atoms with Crippen LogP contribution >= 0.6 is 0 Å². The summed E-state index contributed by atoms with van der Waals surface area (Å²) in [4.78, 5) is 27.1. The molecule has 0 aliphatic heterocycles. The van der Waals surface area contributed by atoms with Crippen LogP contribution in [0.1, 0.15) is 22.7 Å². The molecule has 100 valence electrons. The summed E-state index contributed by atoms with van der Waals surface area (Å²) >= 11 is 0. The smallest absolute Gasteiger partial charge is 0.358 e. The Labute approximate surface area is 110 Å². The molecule has 19 heavy (non-hydrogen) atoms. The van der Waals surface area contributed by atoms with Crippen molar-refractivity contribution < 1.29 is 19.1 Å². The number of hydrogen-bond acceptors (Lipinski definition) is 5. The lowest BCUT2D eigenvalue weighted by Crippen LogP contribution is -2.05. The first-order valence-corrected chi connectivity index (χ1v) is 5.78. The molecule has 0 unspecified atom stereocenters. The maximum atomic E-state index is 11.6. The van der Waals surface area contributed by atoms with Crippen molar-refractivity contribution in [2.24, 2.45) is 0 Å². The number of methoxy groups -OCH3 is 2. The number of rotatable bonds is 4. The van der Waals surface area contributed by atoms with Gasteiger partial charge in [0.1, 0.15) is 5.82 Å². The lowest BCUT2D eigenvalue weighted by molar-refractivity contribution is -0.140. The highest BCUT2D eigenvalue weighted by Crippen LogP contribution is 2.15. The molecule has 0 aliphatic carbocycles. The second kappa shape index (κ2) is 5.51. The predicted octanol–water partition coefficient (Wildman–Crippen LogP) is 1.23. The fourth-order valence-corrected chi connectivity index (χ4v) is 1.84. The Balaban J connectivity index is 2.38. The van der Waals surface area contributed by atoms with E-state index in [2.05, 4.69) is 9.72 Å². The first-order chi connectivity index (χ1) is 9.17. The van der Waals surface area contributed by atoms with Gasteiger partial charge in [0.15, 0.2) is 5.69 Å². The van der Waals surface area contributed by atoms with Crippen molar-refractivity contribution in [3.63, 3.8) is 0 Å². The maximum absolute atomic E-state index is 11.6. The van der Waals surface area contributed by atoms with E-state index in [1.807, 2.05) is 12.1 Å². The summed E-state index contributed by atoms with van der Waals surface area (Å²) in [7, 11) is 2.65. The Morgan fingerprint density at radius 1 is 1.26 bits per heavy atom. The van der Waals surface area contributed by atoms with Gasteiger partial charge >= 0.3 is 11.9 Å². The van der Waals surface area contributed by atoms with E-state index in [1.54, 1.807) is 16.7 Å². The molecule has 0 radical (unpaired) electrons. The van der Waals surface area contributed by atoms with E-state index in [0.29, 0.717) is 17.8 Å². The number of aromatic nitrogens is 2. The lowest BCUT2D eigenvalue weighted by atomic mass is 10.3. The largest absolute Gasteiger partial charge is 0.469 e. The van der Waals surface area contributed by atoms with E-state index >= 15 is 0 Å². The van der Waals surface area contributed by atoms with E-state index in [0.717, 1.165) is 0 Å². The summed E-state index contributed by atoms with van der Waals surface area (Å²) < 4.78 is 11.1. The molecule has 0 saturated carbocycles. The van der Waals surface area contributed by atoms with Crippen molar-refractivity contribution in [3.05, 3.63) is 35.9 Å². The van der Waals surface area contributed by atoms with Crippen LogP contribution in [0.5, 0.6) is 0 Å². The number of esters is 2. The SMILES string of the molecule is COC(=O)CCc1nc(C(=O)OC)c2ccccn12. The molecule has 2 aromatic rings. The highest BCUT2D eigenvalue weighted by Gasteiger charge is 2.18. The summed E-state index contributed by atoms with van der Waals surface area (Å²) in [5, 5.41) is 0. The van der Waals surface area contributed by atoms with Gasteiger partial charge in [-0.15, -0.1) is 0 Å². The maximum Gasteiger partial charge on any atom is 0.358 e. The summed E-state index contributed by atoms with van der Waals surface area (Å²) in [6.07, 6.45) is 2.40. The number of imidazole rings is 1. The molecule has 0 atom stereocenters. The Morgan fingerprint density at radius 2 is 2.05 bits per heavy atom. The molecule has 2 aromatic heterocycles. The quantitative estimate of drug-likeness (QED) is 0.775. The van der Waals surface area contributed by atoms with Crippen molar-refractivity contribution in [2.75, 3.05) is 14.2 Å². The second-order valence-corrected chi connectivity index (χ2v) is 3.90. The van der Waals surface area contributed by atoms with Crippen LogP contribution in [-0.2, 0) is 20.7 Å². The Hall–Kier alpha value is -2.37. The molecular weight excluding hydrogens is 248 g/mol. The molecule has 6 nitrogen and oxygen atoms in total. The zero-order chi connectivity index (χ0) is 13.8. The van der Waals surface area contributed by atoms with Crippen LogP contribution in [0.2, 0.25) is 0 Å². The zero-order valence-corrected chi connectivity index (χ0v) is 10.8. The van der Waals surface area contributed by atoms with E-state index < -0.39 is 5.97 Å². The van der Waals surface area contributed by atoms with Crippen LogP contribution in [0.25, 0.3) is 5.52 Å². The van der Waals surface area contributed by atoms with Gasteiger partial charge in [0.05, 0.1) is 26.2 Å². The first kappa shape index (κ1) is 13.1. The van der Waals surface area contributed by atoms with Gasteiger partial charge in [0, 0.05) is 12.6 Å². The van der Waals surface area contributed by atoms with Crippen LogP contribution in [0, 0.1) is 0 Å². The number of carbonyl (C=O) groups is 2. The Bertz CT molecular complexity index is 618. The van der Waals surface area contributed by atoms with Gasteiger partial charge in [-0.25, -0.2) is 9.78 Å². The van der Waals surface area contributed by atoms with Crippen molar-refractivity contribution in [1.29, 1.82) is 0 Å². The number of hydrogen-bond donors (Lipinski definition) is 0. The van der Waals surface area contributed by atoms with Gasteiger partial charge in [-0.1, -0.05) is 6.07 Å². The number of carbonyl (C=O) groups excluding carboxylic acids is 2. The summed E-state index contributed by atoms with van der Waals surface area (Å²) in [6.45, 7) is 0. The van der Waals surface area contributed by atoms with E-state index in [1.165, 1.54) is 14.2 Å². The predicted molar refractivity (Wildman–Crippen MR) is 66.9 cm³/mol. The standard InChI is InChI=1S/C13H14N2O4/c1-18-11(16)7-6-10-14-12(13(17)19-2)9-5-3-4-8-15(9)10/h3-5,8H,6-7H2,1-2H3. The van der Waals surface area contributed by atoms with E-state index in [4.69, 9.17) is 4.74 Å². The molecule has 0 amide bonds. The molecule has 0 bridgehead atoms. The van der Waals surface area contributed by atoms with Crippen LogP contribution in [0.4, 0.5) is 0 Å². The minimum absolute atomic E-state index is 0.213. The molecule has 0 fully saturated rings. The summed E-state index contributed by atoms with van der Waals surface area (Å²) in [6, 6.07) is 5.42. The molecule has 0 aliphatic rings. The van der Waals surface area contributed by atoms with Crippen molar-refractivity contribution in [1.82, 2.24) is 9.38 Å². The topological polar surface area (TPSA) is 69.9 Å². The molecule has 0 aromatic carbocycles. The fraction of sp³-hybridized carbons (Fsp3) is 0.308. The Kier molecular flexibility index (Phi) is 3.79. The summed E-state index contributed by atoms with van der Waals surface area (Å²) in [5.41, 5.74) is 0.914. The average molecular weight is 262 g/mol. The third kappa shape index (κ3) is 2.57. The zero-order valence-electron chi connectivity index (χ0n) is 10.8. The van der Waals surface area contributed by atoms with Crippen molar-refractivity contribution in [2.45, 2.75) is 12.8 Å². The van der Waals surface area contributed by atoms with Crippen molar-refractivity contribution in [3.8, 4) is 0 Å². The molecule has 2 heterocycles. The van der Waals surface area contributed by atoms with Gasteiger partial charge in [-0.3, -0.25) is 4.79 Å². The fourth-order valence-electron chi connectivity index (χ4n) is 1.84. The third-order valence-corrected chi connectivity index (χ3v) is 2.78. The molecule has 2 rings (SSSR count). The third-order valence-electron chi connectivity index (χ3n) is 2.78. The van der Waals surface area contributed by atoms with E-state index in [-0.39, 0.29) is 18.1 Å². The highest BCUT2D eigenvalue weighted by atomic mass is 16.5. The van der Waals surface area contributed by atoms with Gasteiger partial charge in [-0.2, -0.15) is 0 Å². The van der Waals surface area contributed by atoms with Gasteiger partial charge in [0.25, 0.3) is 0 Å². The number of pyridine rings is 1. The number of fused-ring (bicyclic) bond motifs is 1. The highest BCUT2D eigenvalue weighted by molar-refractivity contribution is 5.95. The van der Waals surface area contributed by atoms with Gasteiger partial charge in [-0.05, 0) is 12.1 Å². The normalized spacial score (nSPS) is 10.4.